The van der Waals surface area contributed by atoms with Crippen LogP contribution in [0.5, 0.6) is 0 Å². The number of hydrogen-bond donors (Lipinski definition) is 1. The minimum atomic E-state index is -0.903. The van der Waals surface area contributed by atoms with Gasteiger partial charge in [0.15, 0.2) is 0 Å². The number of unbranched alkanes of at least 4 members (excludes halogenated alkanes) is 42. The average molecular weight is 989 g/mol. The molecule has 0 unspecified atom stereocenters. The minimum absolute atomic E-state index is 0. The molecule has 0 aliphatic rings. The summed E-state index contributed by atoms with van der Waals surface area (Å²) in [5.41, 5.74) is 0. The summed E-state index contributed by atoms with van der Waals surface area (Å²) in [5, 5.41) is 29.0. The monoisotopic (exact) mass is 989 g/mol. The van der Waals surface area contributed by atoms with Crippen molar-refractivity contribution in [3.05, 3.63) is 0 Å². The van der Waals surface area contributed by atoms with Gasteiger partial charge >= 0.3 is 54.9 Å². The van der Waals surface area contributed by atoms with Gasteiger partial charge in [0.25, 0.3) is 0 Å². The van der Waals surface area contributed by atoms with E-state index in [4.69, 9.17) is 5.11 Å². The second-order valence-corrected chi connectivity index (χ2v) is 18.2. The number of hydrogen-bond acceptors (Lipinski definition) is 5. The molecule has 0 aromatic heterocycles. The fraction of sp³-hybridized carbons (Fsp3) is 0.944. The fourth-order valence-electron chi connectivity index (χ4n) is 7.93. The Labute approximate surface area is 422 Å². The van der Waals surface area contributed by atoms with Crippen molar-refractivity contribution in [3.63, 3.8) is 0 Å². The van der Waals surface area contributed by atoms with E-state index >= 15 is 0 Å². The van der Waals surface area contributed by atoms with Crippen molar-refractivity contribution < 1.29 is 29.7 Å². The third-order valence-electron chi connectivity index (χ3n) is 12.0. The molecule has 0 saturated heterocycles. The number of carbonyl (C=O) groups excluding carboxylic acids is 2. The zero-order valence-electron chi connectivity index (χ0n) is 41.6. The second-order valence-electron chi connectivity index (χ2n) is 18.2. The van der Waals surface area contributed by atoms with Crippen LogP contribution in [0.3, 0.4) is 0 Å². The molecule has 7 heteroatoms. The standard InChI is InChI=1S/3C18H36O2.Ba/c3*1-2-3-4-5-6-7-8-9-10-11-12-13-14-15-16-17-18(19)20;/h3*2-17H2,1H3,(H,19,20);/q;;;+2/p-2. The number of carboxylic acid groups (broad SMARTS) is 3. The average Bonchev–Trinajstić information content (AvgIpc) is 3.22. The van der Waals surface area contributed by atoms with Crippen molar-refractivity contribution in [2.75, 3.05) is 0 Å². The van der Waals surface area contributed by atoms with Crippen molar-refractivity contribution in [2.24, 2.45) is 0 Å². The van der Waals surface area contributed by atoms with Gasteiger partial charge in [0.2, 0.25) is 0 Å². The van der Waals surface area contributed by atoms with E-state index in [2.05, 4.69) is 20.8 Å². The smallest absolute Gasteiger partial charge is 0.550 e. The minimum Gasteiger partial charge on any atom is -0.550 e. The van der Waals surface area contributed by atoms with Crippen LogP contribution in [-0.2, 0) is 14.4 Å². The van der Waals surface area contributed by atoms with E-state index in [1.165, 1.54) is 250 Å². The van der Waals surface area contributed by atoms with Crippen LogP contribution in [0.4, 0.5) is 0 Å². The maximum atomic E-state index is 10.3. The molecule has 0 saturated carbocycles. The first kappa shape index (κ1) is 67.6. The van der Waals surface area contributed by atoms with Gasteiger partial charge in [-0.05, 0) is 32.1 Å². The molecular weight excluding hydrogens is 882 g/mol. The Morgan fingerprint density at radius 3 is 0.525 bits per heavy atom. The Hall–Kier alpha value is -0.0186. The van der Waals surface area contributed by atoms with Crippen LogP contribution in [-0.4, -0.2) is 71.9 Å². The van der Waals surface area contributed by atoms with E-state index in [1.54, 1.807) is 0 Å². The number of carbonyl (C=O) groups is 3. The molecule has 0 amide bonds. The van der Waals surface area contributed by atoms with Gasteiger partial charge in [-0.15, -0.1) is 0 Å². The summed E-state index contributed by atoms with van der Waals surface area (Å²) < 4.78 is 0. The van der Waals surface area contributed by atoms with Crippen molar-refractivity contribution in [3.8, 4) is 0 Å². The van der Waals surface area contributed by atoms with Gasteiger partial charge in [-0.25, -0.2) is 0 Å². The van der Waals surface area contributed by atoms with Crippen molar-refractivity contribution in [1.82, 2.24) is 0 Å². The first-order chi connectivity index (χ1) is 29.3. The van der Waals surface area contributed by atoms with E-state index in [0.29, 0.717) is 6.42 Å². The molecule has 360 valence electrons. The Morgan fingerprint density at radius 2 is 0.393 bits per heavy atom. The first-order valence-electron chi connectivity index (χ1n) is 26.9. The van der Waals surface area contributed by atoms with Gasteiger partial charge in [-0.3, -0.25) is 4.79 Å². The molecule has 0 heterocycles. The summed E-state index contributed by atoms with van der Waals surface area (Å²) in [5.74, 6) is -2.46. The van der Waals surface area contributed by atoms with Gasteiger partial charge in [-0.2, -0.15) is 0 Å². The van der Waals surface area contributed by atoms with Crippen molar-refractivity contribution >= 4 is 66.8 Å². The Morgan fingerprint density at radius 1 is 0.262 bits per heavy atom. The number of carboxylic acids is 3. The topological polar surface area (TPSA) is 118 Å². The van der Waals surface area contributed by atoms with Crippen LogP contribution in [0.2, 0.25) is 0 Å². The van der Waals surface area contributed by atoms with Gasteiger partial charge in [-0.1, -0.05) is 290 Å². The van der Waals surface area contributed by atoms with Crippen LogP contribution in [0.1, 0.15) is 329 Å². The molecule has 0 spiro atoms. The second kappa shape index (κ2) is 64.3. The van der Waals surface area contributed by atoms with E-state index < -0.39 is 17.9 Å². The predicted octanol–water partition coefficient (Wildman–Crippen LogP) is 15.9. The van der Waals surface area contributed by atoms with Crippen LogP contribution < -0.4 is 10.2 Å². The molecule has 0 aromatic rings. The number of aliphatic carboxylic acids is 3. The molecule has 61 heavy (non-hydrogen) atoms. The normalized spacial score (nSPS) is 10.7. The molecule has 6 nitrogen and oxygen atoms in total. The van der Waals surface area contributed by atoms with Crippen LogP contribution in [0.25, 0.3) is 0 Å². The van der Waals surface area contributed by atoms with E-state index in [-0.39, 0.29) is 61.7 Å². The molecule has 0 aliphatic heterocycles. The van der Waals surface area contributed by atoms with Crippen LogP contribution in [0, 0.1) is 0 Å². The summed E-state index contributed by atoms with van der Waals surface area (Å²) in [6.07, 6.45) is 59.9. The quantitative estimate of drug-likeness (QED) is 0.0479. The summed E-state index contributed by atoms with van der Waals surface area (Å²) in [7, 11) is 0. The largest absolute Gasteiger partial charge is 2.00 e. The molecule has 0 aromatic carbocycles. The van der Waals surface area contributed by atoms with E-state index in [9.17, 15) is 24.6 Å². The third-order valence-corrected chi connectivity index (χ3v) is 12.0. The SMILES string of the molecule is CCCCCCCCCCCCCCCCCC(=O)O.CCCCCCCCCCCCCCCCCC(=O)[O-].CCCCCCCCCCCCCCCCCC(=O)[O-].[Ba+2]. The van der Waals surface area contributed by atoms with E-state index in [1.807, 2.05) is 0 Å². The molecule has 0 bridgehead atoms. The zero-order chi connectivity index (χ0) is 44.7. The first-order valence-corrected chi connectivity index (χ1v) is 26.9. The molecule has 0 fully saturated rings. The van der Waals surface area contributed by atoms with Crippen LogP contribution in [0.15, 0.2) is 0 Å². The van der Waals surface area contributed by atoms with Gasteiger partial charge in [0, 0.05) is 18.4 Å². The van der Waals surface area contributed by atoms with Gasteiger partial charge < -0.3 is 24.9 Å². The predicted molar refractivity (Wildman–Crippen MR) is 262 cm³/mol. The van der Waals surface area contributed by atoms with Gasteiger partial charge in [0.05, 0.1) is 0 Å². The maximum Gasteiger partial charge on any atom is 2.00 e. The summed E-state index contributed by atoms with van der Waals surface area (Å²) >= 11 is 0. The summed E-state index contributed by atoms with van der Waals surface area (Å²) in [6.45, 7) is 6.80. The number of rotatable bonds is 48. The fourth-order valence-corrected chi connectivity index (χ4v) is 7.93. The zero-order valence-corrected chi connectivity index (χ0v) is 46.1. The maximum absolute atomic E-state index is 10.3. The molecule has 0 radical (unpaired) electrons. The Balaban J connectivity index is -0.000000396. The molecule has 0 atom stereocenters. The molecule has 1 N–H and O–H groups in total. The van der Waals surface area contributed by atoms with E-state index in [0.717, 1.165) is 38.5 Å². The Kier molecular flexibility index (Phi) is 71.2. The molecular formula is C54H106BaO6. The summed E-state index contributed by atoms with van der Waals surface area (Å²) in [4.78, 5) is 30.8. The summed E-state index contributed by atoms with van der Waals surface area (Å²) in [6, 6.07) is 0. The molecule has 0 aliphatic carbocycles. The third kappa shape index (κ3) is 77.6. The van der Waals surface area contributed by atoms with Crippen molar-refractivity contribution in [2.45, 2.75) is 329 Å². The van der Waals surface area contributed by atoms with Crippen molar-refractivity contribution in [1.29, 1.82) is 0 Å². The molecule has 0 rings (SSSR count). The van der Waals surface area contributed by atoms with Gasteiger partial charge in [0.1, 0.15) is 0 Å². The van der Waals surface area contributed by atoms with Crippen LogP contribution >= 0.6 is 0 Å². The Bertz CT molecular complexity index is 717.